The maximum atomic E-state index is 11.9. The average Bonchev–Trinajstić information content (AvgIpc) is 2.58. The lowest BCUT2D eigenvalue weighted by molar-refractivity contribution is -0.121. The zero-order valence-electron chi connectivity index (χ0n) is 14.4. The van der Waals surface area contributed by atoms with Crippen LogP contribution in [0.3, 0.4) is 0 Å². The number of halogens is 1. The number of aryl methyl sites for hydroxylation is 1. The number of amides is 1. The Morgan fingerprint density at radius 2 is 1.88 bits per heavy atom. The normalized spacial score (nSPS) is 11.2. The number of carbonyl (C=O) groups is 1. The largest absolute Gasteiger partial charge is 0.493 e. The third-order valence-corrected chi connectivity index (χ3v) is 4.85. The van der Waals surface area contributed by atoms with Gasteiger partial charge in [-0.1, -0.05) is 23.7 Å². The van der Waals surface area contributed by atoms with Gasteiger partial charge in [-0.15, -0.1) is 0 Å². The molecule has 0 heterocycles. The molecule has 0 spiro atoms. The van der Waals surface area contributed by atoms with Gasteiger partial charge in [0.1, 0.15) is 5.75 Å². The number of nitrogens with two attached hydrogens (primary N) is 1. The second-order valence-electron chi connectivity index (χ2n) is 5.83. The van der Waals surface area contributed by atoms with Crippen LogP contribution in [0.25, 0.3) is 0 Å². The van der Waals surface area contributed by atoms with Crippen molar-refractivity contribution in [1.29, 1.82) is 0 Å². The number of hydrogen-bond donors (Lipinski definition) is 2. The Hall–Kier alpha value is -2.09. The lowest BCUT2D eigenvalue weighted by Gasteiger charge is -2.09. The smallest absolute Gasteiger partial charge is 0.238 e. The Labute approximate surface area is 158 Å². The number of benzene rings is 2. The molecule has 2 rings (SSSR count). The Bertz CT molecular complexity index is 867. The van der Waals surface area contributed by atoms with Gasteiger partial charge in [-0.25, -0.2) is 13.6 Å². The van der Waals surface area contributed by atoms with E-state index in [1.807, 2.05) is 19.1 Å². The molecule has 140 valence electrons. The molecule has 0 aliphatic heterocycles. The fourth-order valence-corrected chi connectivity index (χ4v) is 3.02. The van der Waals surface area contributed by atoms with Crippen molar-refractivity contribution in [2.75, 3.05) is 6.61 Å². The van der Waals surface area contributed by atoms with Crippen LogP contribution in [-0.4, -0.2) is 20.9 Å². The van der Waals surface area contributed by atoms with Crippen molar-refractivity contribution in [3.63, 3.8) is 0 Å². The number of carbonyl (C=O) groups excluding carboxylic acids is 1. The lowest BCUT2D eigenvalue weighted by atomic mass is 10.2. The number of primary sulfonamides is 1. The van der Waals surface area contributed by atoms with Crippen molar-refractivity contribution < 1.29 is 17.9 Å². The van der Waals surface area contributed by atoms with E-state index >= 15 is 0 Å². The molecule has 0 aromatic heterocycles. The van der Waals surface area contributed by atoms with Crippen molar-refractivity contribution in [3.8, 4) is 5.75 Å². The van der Waals surface area contributed by atoms with E-state index in [-0.39, 0.29) is 10.8 Å². The van der Waals surface area contributed by atoms with Crippen LogP contribution >= 0.6 is 11.6 Å². The molecular weight excluding hydrogens is 376 g/mol. The molecule has 26 heavy (non-hydrogen) atoms. The molecule has 0 atom stereocenters. The summed E-state index contributed by atoms with van der Waals surface area (Å²) >= 11 is 5.89. The van der Waals surface area contributed by atoms with Crippen LogP contribution in [0.5, 0.6) is 5.75 Å². The first kappa shape index (κ1) is 20.2. The molecule has 2 aromatic carbocycles. The van der Waals surface area contributed by atoms with Crippen LogP contribution < -0.4 is 15.2 Å². The summed E-state index contributed by atoms with van der Waals surface area (Å²) in [4.78, 5) is 11.9. The van der Waals surface area contributed by atoms with Gasteiger partial charge in [-0.2, -0.15) is 0 Å². The van der Waals surface area contributed by atoms with Crippen LogP contribution in [0.15, 0.2) is 47.4 Å². The molecule has 8 heteroatoms. The van der Waals surface area contributed by atoms with Gasteiger partial charge in [0.2, 0.25) is 15.9 Å². The number of nitrogens with one attached hydrogen (secondary N) is 1. The summed E-state index contributed by atoms with van der Waals surface area (Å²) in [6, 6.07) is 11.5. The highest BCUT2D eigenvalue weighted by Gasteiger charge is 2.07. The zero-order chi connectivity index (χ0) is 19.2. The molecule has 0 saturated heterocycles. The van der Waals surface area contributed by atoms with E-state index in [2.05, 4.69) is 5.32 Å². The van der Waals surface area contributed by atoms with Crippen LogP contribution in [0.4, 0.5) is 0 Å². The predicted molar refractivity (Wildman–Crippen MR) is 101 cm³/mol. The van der Waals surface area contributed by atoms with E-state index in [9.17, 15) is 13.2 Å². The molecule has 0 unspecified atom stereocenters. The quantitative estimate of drug-likeness (QED) is 0.670. The maximum Gasteiger partial charge on any atom is 0.238 e. The summed E-state index contributed by atoms with van der Waals surface area (Å²) in [5.74, 6) is 0.654. The van der Waals surface area contributed by atoms with Crippen LogP contribution in [-0.2, 0) is 21.4 Å². The summed E-state index contributed by atoms with van der Waals surface area (Å²) in [5, 5.41) is 8.48. The van der Waals surface area contributed by atoms with Crippen molar-refractivity contribution in [2.45, 2.75) is 31.2 Å². The third kappa shape index (κ3) is 6.33. The number of sulfonamides is 1. The SMILES string of the molecule is Cc1cc(Cl)ccc1OCCCC(=O)NCc1ccc(S(N)(=O)=O)cc1. The fourth-order valence-electron chi connectivity index (χ4n) is 2.28. The first-order valence-electron chi connectivity index (χ1n) is 8.03. The van der Waals surface area contributed by atoms with Crippen molar-refractivity contribution in [3.05, 3.63) is 58.6 Å². The summed E-state index contributed by atoms with van der Waals surface area (Å²) in [7, 11) is -3.70. The zero-order valence-corrected chi connectivity index (χ0v) is 15.9. The molecule has 2 aromatic rings. The van der Waals surface area contributed by atoms with Gasteiger partial charge >= 0.3 is 0 Å². The molecule has 0 aliphatic carbocycles. The summed E-state index contributed by atoms with van der Waals surface area (Å²) < 4.78 is 28.0. The molecule has 3 N–H and O–H groups in total. The first-order chi connectivity index (χ1) is 12.3. The second kappa shape index (κ2) is 9.02. The van der Waals surface area contributed by atoms with E-state index in [1.54, 1.807) is 18.2 Å². The Kier molecular flexibility index (Phi) is 7.02. The minimum absolute atomic E-state index is 0.0437. The monoisotopic (exact) mass is 396 g/mol. The Morgan fingerprint density at radius 3 is 2.50 bits per heavy atom. The molecular formula is C18H21ClN2O4S. The molecule has 0 saturated carbocycles. The second-order valence-corrected chi connectivity index (χ2v) is 7.83. The van der Waals surface area contributed by atoms with Gasteiger partial charge in [0.15, 0.2) is 0 Å². The van der Waals surface area contributed by atoms with Gasteiger partial charge in [-0.3, -0.25) is 4.79 Å². The van der Waals surface area contributed by atoms with Crippen molar-refractivity contribution in [2.24, 2.45) is 5.14 Å². The molecule has 0 radical (unpaired) electrons. The highest BCUT2D eigenvalue weighted by molar-refractivity contribution is 7.89. The van der Waals surface area contributed by atoms with E-state index in [4.69, 9.17) is 21.5 Å². The summed E-state index contributed by atoms with van der Waals surface area (Å²) in [6.45, 7) is 2.66. The molecule has 0 bridgehead atoms. The van der Waals surface area contributed by atoms with E-state index < -0.39 is 10.0 Å². The summed E-state index contributed by atoms with van der Waals surface area (Å²) in [5.41, 5.74) is 1.74. The topological polar surface area (TPSA) is 98.5 Å². The lowest BCUT2D eigenvalue weighted by Crippen LogP contribution is -2.23. The minimum Gasteiger partial charge on any atom is -0.493 e. The fraction of sp³-hybridized carbons (Fsp3) is 0.278. The number of ether oxygens (including phenoxy) is 1. The first-order valence-corrected chi connectivity index (χ1v) is 9.95. The van der Waals surface area contributed by atoms with E-state index in [0.29, 0.717) is 31.0 Å². The predicted octanol–water partition coefficient (Wildman–Crippen LogP) is 2.77. The average molecular weight is 397 g/mol. The standard InChI is InChI=1S/C18H21ClN2O4S/c1-13-11-15(19)6-9-17(13)25-10-2-3-18(22)21-12-14-4-7-16(8-5-14)26(20,23)24/h4-9,11H,2-3,10,12H2,1H3,(H,21,22)(H2,20,23,24). The number of hydrogen-bond acceptors (Lipinski definition) is 4. The van der Waals surface area contributed by atoms with Crippen molar-refractivity contribution >= 4 is 27.5 Å². The number of rotatable bonds is 8. The van der Waals surface area contributed by atoms with Crippen LogP contribution in [0.2, 0.25) is 5.02 Å². The van der Waals surface area contributed by atoms with Gasteiger partial charge in [0.25, 0.3) is 0 Å². The third-order valence-electron chi connectivity index (χ3n) is 3.68. The molecule has 1 amide bonds. The van der Waals surface area contributed by atoms with Gasteiger partial charge in [0, 0.05) is 18.0 Å². The highest BCUT2D eigenvalue weighted by Crippen LogP contribution is 2.21. The van der Waals surface area contributed by atoms with Gasteiger partial charge in [0.05, 0.1) is 11.5 Å². The van der Waals surface area contributed by atoms with E-state index in [0.717, 1.165) is 16.9 Å². The van der Waals surface area contributed by atoms with Crippen molar-refractivity contribution in [1.82, 2.24) is 5.32 Å². The molecule has 0 fully saturated rings. The molecule has 0 aliphatic rings. The highest BCUT2D eigenvalue weighted by atomic mass is 35.5. The molecule has 6 nitrogen and oxygen atoms in total. The Morgan fingerprint density at radius 1 is 1.19 bits per heavy atom. The van der Waals surface area contributed by atoms with E-state index in [1.165, 1.54) is 12.1 Å². The minimum atomic E-state index is -3.70. The van der Waals surface area contributed by atoms with Crippen LogP contribution in [0.1, 0.15) is 24.0 Å². The van der Waals surface area contributed by atoms with Crippen LogP contribution in [0, 0.1) is 6.92 Å². The summed E-state index contributed by atoms with van der Waals surface area (Å²) in [6.07, 6.45) is 0.917. The van der Waals surface area contributed by atoms with Gasteiger partial charge in [-0.05, 0) is 54.8 Å². The maximum absolute atomic E-state index is 11.9. The Balaban J connectivity index is 1.70. The van der Waals surface area contributed by atoms with Gasteiger partial charge < -0.3 is 10.1 Å².